The van der Waals surface area contributed by atoms with Crippen molar-refractivity contribution >= 4 is 11.6 Å². The van der Waals surface area contributed by atoms with Crippen LogP contribution < -0.4 is 5.32 Å². The predicted molar refractivity (Wildman–Crippen MR) is 64.2 cm³/mol. The Kier molecular flexibility index (Phi) is 3.79. The fourth-order valence-corrected chi connectivity index (χ4v) is 2.27. The highest BCUT2D eigenvalue weighted by Crippen LogP contribution is 2.18. The topological polar surface area (TPSA) is 15.3 Å². The zero-order valence-electron chi connectivity index (χ0n) is 9.34. The summed E-state index contributed by atoms with van der Waals surface area (Å²) in [5.74, 6) is -0.351. The lowest BCUT2D eigenvalue weighted by Gasteiger charge is -2.23. The molecule has 0 bridgehead atoms. The van der Waals surface area contributed by atoms with Gasteiger partial charge in [-0.15, -0.1) is 0 Å². The Bertz CT molecular complexity index is 364. The number of benzene rings is 1. The van der Waals surface area contributed by atoms with E-state index in [1.54, 1.807) is 12.1 Å². The van der Waals surface area contributed by atoms with E-state index in [4.69, 9.17) is 11.6 Å². The number of likely N-dealkylation sites (N-methyl/N-ethyl adjacent to an activating group) is 1. The van der Waals surface area contributed by atoms with Gasteiger partial charge in [-0.1, -0.05) is 17.7 Å². The molecule has 0 spiro atoms. The summed E-state index contributed by atoms with van der Waals surface area (Å²) in [6, 6.07) is 5.50. The maximum absolute atomic E-state index is 13.0. The third kappa shape index (κ3) is 2.73. The SMILES string of the molecule is CN(Cc1ccc(F)c(Cl)c1)C1CCNC1. The van der Waals surface area contributed by atoms with E-state index in [2.05, 4.69) is 17.3 Å². The van der Waals surface area contributed by atoms with Gasteiger partial charge in [-0.2, -0.15) is 0 Å². The van der Waals surface area contributed by atoms with E-state index < -0.39 is 0 Å². The highest BCUT2D eigenvalue weighted by molar-refractivity contribution is 6.30. The molecular weight excluding hydrogens is 227 g/mol. The van der Waals surface area contributed by atoms with Gasteiger partial charge in [0.25, 0.3) is 0 Å². The van der Waals surface area contributed by atoms with E-state index in [0.29, 0.717) is 6.04 Å². The second-order valence-corrected chi connectivity index (χ2v) is 4.72. The quantitative estimate of drug-likeness (QED) is 0.875. The molecule has 1 unspecified atom stereocenters. The van der Waals surface area contributed by atoms with Crippen LogP contribution in [0.1, 0.15) is 12.0 Å². The minimum absolute atomic E-state index is 0.204. The van der Waals surface area contributed by atoms with Crippen molar-refractivity contribution in [1.29, 1.82) is 0 Å². The van der Waals surface area contributed by atoms with Crippen LogP contribution in [0.15, 0.2) is 18.2 Å². The van der Waals surface area contributed by atoms with Crippen molar-refractivity contribution in [3.8, 4) is 0 Å². The van der Waals surface area contributed by atoms with Crippen molar-refractivity contribution in [3.05, 3.63) is 34.6 Å². The zero-order valence-corrected chi connectivity index (χ0v) is 10.1. The van der Waals surface area contributed by atoms with Gasteiger partial charge in [0.15, 0.2) is 0 Å². The lowest BCUT2D eigenvalue weighted by Crippen LogP contribution is -2.32. The molecule has 1 atom stereocenters. The molecule has 88 valence electrons. The van der Waals surface area contributed by atoms with Crippen LogP contribution in [0.5, 0.6) is 0 Å². The van der Waals surface area contributed by atoms with Crippen molar-refractivity contribution in [2.45, 2.75) is 19.0 Å². The molecule has 1 fully saturated rings. The van der Waals surface area contributed by atoms with Crippen LogP contribution in [0, 0.1) is 5.82 Å². The first-order valence-corrected chi connectivity index (χ1v) is 5.89. The molecule has 0 aromatic heterocycles. The Morgan fingerprint density at radius 1 is 1.56 bits per heavy atom. The summed E-state index contributed by atoms with van der Waals surface area (Å²) in [4.78, 5) is 2.28. The van der Waals surface area contributed by atoms with Gasteiger partial charge in [0, 0.05) is 19.1 Å². The highest BCUT2D eigenvalue weighted by atomic mass is 35.5. The standard InChI is InChI=1S/C12H16ClFN2/c1-16(10-4-5-15-7-10)8-9-2-3-12(14)11(13)6-9/h2-3,6,10,15H,4-5,7-8H2,1H3. The number of rotatable bonds is 3. The normalized spacial score (nSPS) is 20.6. The number of nitrogens with zero attached hydrogens (tertiary/aromatic N) is 1. The Labute approximate surface area is 100 Å². The Morgan fingerprint density at radius 3 is 3.00 bits per heavy atom. The number of nitrogens with one attached hydrogen (secondary N) is 1. The molecule has 1 aromatic carbocycles. The van der Waals surface area contributed by atoms with Crippen LogP contribution in [0.25, 0.3) is 0 Å². The van der Waals surface area contributed by atoms with Crippen LogP contribution in [-0.2, 0) is 6.54 Å². The smallest absolute Gasteiger partial charge is 0.141 e. The molecular formula is C12H16ClFN2. The van der Waals surface area contributed by atoms with E-state index in [1.165, 1.54) is 12.5 Å². The molecule has 4 heteroatoms. The lowest BCUT2D eigenvalue weighted by molar-refractivity contribution is 0.249. The third-order valence-corrected chi connectivity index (χ3v) is 3.36. The van der Waals surface area contributed by atoms with E-state index in [9.17, 15) is 4.39 Å². The molecule has 0 saturated carbocycles. The van der Waals surface area contributed by atoms with E-state index >= 15 is 0 Å². The van der Waals surface area contributed by atoms with Gasteiger partial charge >= 0.3 is 0 Å². The summed E-state index contributed by atoms with van der Waals surface area (Å²) in [7, 11) is 2.09. The molecule has 16 heavy (non-hydrogen) atoms. The van der Waals surface area contributed by atoms with Crippen molar-refractivity contribution < 1.29 is 4.39 Å². The van der Waals surface area contributed by atoms with Gasteiger partial charge in [0.2, 0.25) is 0 Å². The molecule has 1 heterocycles. The molecule has 1 aromatic rings. The minimum Gasteiger partial charge on any atom is -0.315 e. The molecule has 0 radical (unpaired) electrons. The summed E-state index contributed by atoms with van der Waals surface area (Å²) in [5, 5.41) is 3.54. The van der Waals surface area contributed by atoms with Crippen molar-refractivity contribution in [2.24, 2.45) is 0 Å². The van der Waals surface area contributed by atoms with Crippen LogP contribution in [0.2, 0.25) is 5.02 Å². The Balaban J connectivity index is 1.99. The molecule has 1 N–H and O–H groups in total. The summed E-state index contributed by atoms with van der Waals surface area (Å²) in [5.41, 5.74) is 1.06. The fourth-order valence-electron chi connectivity index (χ4n) is 2.07. The first-order chi connectivity index (χ1) is 7.66. The van der Waals surface area contributed by atoms with Crippen molar-refractivity contribution in [2.75, 3.05) is 20.1 Å². The van der Waals surface area contributed by atoms with Gasteiger partial charge in [-0.05, 0) is 37.7 Å². The van der Waals surface area contributed by atoms with Gasteiger partial charge in [0.05, 0.1) is 5.02 Å². The maximum Gasteiger partial charge on any atom is 0.141 e. The van der Waals surface area contributed by atoms with Gasteiger partial charge < -0.3 is 5.32 Å². The van der Waals surface area contributed by atoms with E-state index in [0.717, 1.165) is 25.2 Å². The Morgan fingerprint density at radius 2 is 2.38 bits per heavy atom. The van der Waals surface area contributed by atoms with Crippen LogP contribution in [0.3, 0.4) is 0 Å². The first kappa shape index (κ1) is 11.8. The molecule has 2 nitrogen and oxygen atoms in total. The Hall–Kier alpha value is -0.640. The molecule has 0 amide bonds. The van der Waals surface area contributed by atoms with Crippen molar-refractivity contribution in [3.63, 3.8) is 0 Å². The predicted octanol–water partition coefficient (Wildman–Crippen LogP) is 2.27. The van der Waals surface area contributed by atoms with Gasteiger partial charge in [-0.3, -0.25) is 4.90 Å². The molecule has 1 aliphatic heterocycles. The summed E-state index contributed by atoms with van der Waals surface area (Å²) >= 11 is 5.75. The number of halogens is 2. The molecule has 1 saturated heterocycles. The minimum atomic E-state index is -0.351. The number of hydrogen-bond acceptors (Lipinski definition) is 2. The molecule has 2 rings (SSSR count). The van der Waals surface area contributed by atoms with Crippen LogP contribution >= 0.6 is 11.6 Å². The maximum atomic E-state index is 13.0. The van der Waals surface area contributed by atoms with Gasteiger partial charge in [-0.25, -0.2) is 4.39 Å². The number of hydrogen-bond donors (Lipinski definition) is 1. The molecule has 0 aliphatic carbocycles. The second kappa shape index (κ2) is 5.13. The van der Waals surface area contributed by atoms with E-state index in [1.807, 2.05) is 0 Å². The molecule has 1 aliphatic rings. The summed E-state index contributed by atoms with van der Waals surface area (Å²) in [6.45, 7) is 2.93. The summed E-state index contributed by atoms with van der Waals surface area (Å²) in [6.07, 6.45) is 1.17. The van der Waals surface area contributed by atoms with Crippen LogP contribution in [-0.4, -0.2) is 31.1 Å². The fraction of sp³-hybridized carbons (Fsp3) is 0.500. The van der Waals surface area contributed by atoms with Gasteiger partial charge in [0.1, 0.15) is 5.82 Å². The lowest BCUT2D eigenvalue weighted by atomic mass is 10.1. The largest absolute Gasteiger partial charge is 0.315 e. The highest BCUT2D eigenvalue weighted by Gasteiger charge is 2.19. The van der Waals surface area contributed by atoms with Crippen molar-refractivity contribution in [1.82, 2.24) is 10.2 Å². The average molecular weight is 243 g/mol. The van der Waals surface area contributed by atoms with E-state index in [-0.39, 0.29) is 10.8 Å². The zero-order chi connectivity index (χ0) is 11.5. The second-order valence-electron chi connectivity index (χ2n) is 4.31. The monoisotopic (exact) mass is 242 g/mol. The first-order valence-electron chi connectivity index (χ1n) is 5.51. The van der Waals surface area contributed by atoms with Crippen LogP contribution in [0.4, 0.5) is 4.39 Å². The average Bonchev–Trinajstić information content (AvgIpc) is 2.77. The summed E-state index contributed by atoms with van der Waals surface area (Å²) < 4.78 is 13.0. The third-order valence-electron chi connectivity index (χ3n) is 3.07.